The Labute approximate surface area is 127 Å². The SMILES string of the molecule is CCNC(=NCc1ccco1)NC1CC1C1CCCCC1. The fraction of sp³-hybridized carbons (Fsp3) is 0.706. The third-order valence-corrected chi connectivity index (χ3v) is 4.73. The highest BCUT2D eigenvalue weighted by Gasteiger charge is 2.43. The molecule has 116 valence electrons. The summed E-state index contributed by atoms with van der Waals surface area (Å²) in [7, 11) is 0. The fourth-order valence-electron chi connectivity index (χ4n) is 3.52. The Morgan fingerprint density at radius 1 is 1.33 bits per heavy atom. The van der Waals surface area contributed by atoms with Crippen LogP contribution >= 0.6 is 0 Å². The van der Waals surface area contributed by atoms with Gasteiger partial charge in [0.05, 0.1) is 6.26 Å². The van der Waals surface area contributed by atoms with Crippen LogP contribution in [0.4, 0.5) is 0 Å². The molecule has 4 nitrogen and oxygen atoms in total. The number of furan rings is 1. The lowest BCUT2D eigenvalue weighted by Gasteiger charge is -2.22. The zero-order chi connectivity index (χ0) is 14.5. The van der Waals surface area contributed by atoms with Gasteiger partial charge in [-0.05, 0) is 37.3 Å². The second kappa shape index (κ2) is 7.01. The van der Waals surface area contributed by atoms with Crippen molar-refractivity contribution in [2.45, 2.75) is 58.0 Å². The molecule has 2 unspecified atom stereocenters. The predicted molar refractivity (Wildman–Crippen MR) is 85.1 cm³/mol. The van der Waals surface area contributed by atoms with E-state index < -0.39 is 0 Å². The van der Waals surface area contributed by atoms with Crippen molar-refractivity contribution >= 4 is 5.96 Å². The van der Waals surface area contributed by atoms with Gasteiger partial charge >= 0.3 is 0 Å². The van der Waals surface area contributed by atoms with Crippen molar-refractivity contribution in [1.82, 2.24) is 10.6 Å². The number of hydrogen-bond donors (Lipinski definition) is 2. The number of aliphatic imine (C=N–C) groups is 1. The summed E-state index contributed by atoms with van der Waals surface area (Å²) in [6.45, 7) is 3.60. The van der Waals surface area contributed by atoms with Crippen molar-refractivity contribution in [2.75, 3.05) is 6.54 Å². The molecule has 1 aromatic rings. The van der Waals surface area contributed by atoms with Crippen LogP contribution < -0.4 is 10.6 Å². The molecular formula is C17H27N3O. The quantitative estimate of drug-likeness (QED) is 0.646. The molecule has 0 radical (unpaired) electrons. The van der Waals surface area contributed by atoms with Crippen LogP contribution in [0.5, 0.6) is 0 Å². The minimum Gasteiger partial charge on any atom is -0.467 e. The Balaban J connectivity index is 1.50. The van der Waals surface area contributed by atoms with Crippen LogP contribution in [-0.4, -0.2) is 18.5 Å². The van der Waals surface area contributed by atoms with Crippen molar-refractivity contribution in [3.8, 4) is 0 Å². The summed E-state index contributed by atoms with van der Waals surface area (Å²) in [5, 5.41) is 6.94. The molecule has 0 aliphatic heterocycles. The lowest BCUT2D eigenvalue weighted by Crippen LogP contribution is -2.39. The van der Waals surface area contributed by atoms with Crippen LogP contribution in [0.25, 0.3) is 0 Å². The van der Waals surface area contributed by atoms with Gasteiger partial charge in [-0.2, -0.15) is 0 Å². The molecule has 2 N–H and O–H groups in total. The third kappa shape index (κ3) is 4.02. The van der Waals surface area contributed by atoms with Gasteiger partial charge in [-0.25, -0.2) is 4.99 Å². The number of nitrogens with zero attached hydrogens (tertiary/aromatic N) is 1. The molecular weight excluding hydrogens is 262 g/mol. The molecule has 0 aromatic carbocycles. The Kier molecular flexibility index (Phi) is 4.84. The van der Waals surface area contributed by atoms with Gasteiger partial charge in [-0.15, -0.1) is 0 Å². The molecule has 0 amide bonds. The van der Waals surface area contributed by atoms with Crippen LogP contribution in [0.3, 0.4) is 0 Å². The Hall–Kier alpha value is -1.45. The van der Waals surface area contributed by atoms with E-state index in [1.54, 1.807) is 6.26 Å². The van der Waals surface area contributed by atoms with E-state index in [0.29, 0.717) is 12.6 Å². The van der Waals surface area contributed by atoms with E-state index in [1.165, 1.54) is 38.5 Å². The molecule has 4 heteroatoms. The first-order valence-corrected chi connectivity index (χ1v) is 8.44. The summed E-state index contributed by atoms with van der Waals surface area (Å²) in [6.07, 6.45) is 10.2. The topological polar surface area (TPSA) is 49.6 Å². The summed E-state index contributed by atoms with van der Waals surface area (Å²) < 4.78 is 5.34. The van der Waals surface area contributed by atoms with Gasteiger partial charge in [0.1, 0.15) is 12.3 Å². The largest absolute Gasteiger partial charge is 0.467 e. The molecule has 2 atom stereocenters. The molecule has 0 saturated heterocycles. The van der Waals surface area contributed by atoms with Crippen LogP contribution in [0.2, 0.25) is 0 Å². The van der Waals surface area contributed by atoms with Gasteiger partial charge in [-0.1, -0.05) is 32.1 Å². The number of hydrogen-bond acceptors (Lipinski definition) is 2. The van der Waals surface area contributed by atoms with Crippen LogP contribution in [0.15, 0.2) is 27.8 Å². The molecule has 3 rings (SSSR count). The Morgan fingerprint density at radius 3 is 2.90 bits per heavy atom. The highest BCUT2D eigenvalue weighted by molar-refractivity contribution is 5.80. The maximum absolute atomic E-state index is 5.34. The summed E-state index contributed by atoms with van der Waals surface area (Å²) in [5.74, 6) is 3.66. The average molecular weight is 289 g/mol. The summed E-state index contributed by atoms with van der Waals surface area (Å²) in [6, 6.07) is 4.50. The molecule has 2 aliphatic rings. The average Bonchev–Trinajstić information content (AvgIpc) is 3.08. The minimum absolute atomic E-state index is 0.600. The van der Waals surface area contributed by atoms with Gasteiger partial charge in [0.25, 0.3) is 0 Å². The highest BCUT2D eigenvalue weighted by Crippen LogP contribution is 2.44. The zero-order valence-corrected chi connectivity index (χ0v) is 13.0. The minimum atomic E-state index is 0.600. The molecule has 2 aliphatic carbocycles. The number of nitrogens with one attached hydrogen (secondary N) is 2. The van der Waals surface area contributed by atoms with Crippen molar-refractivity contribution in [3.63, 3.8) is 0 Å². The second-order valence-electron chi connectivity index (χ2n) is 6.32. The molecule has 1 heterocycles. The normalized spacial score (nSPS) is 26.6. The lowest BCUT2D eigenvalue weighted by atomic mass is 9.85. The smallest absolute Gasteiger partial charge is 0.191 e. The van der Waals surface area contributed by atoms with E-state index in [4.69, 9.17) is 4.42 Å². The number of guanidine groups is 1. The van der Waals surface area contributed by atoms with Gasteiger partial charge in [-0.3, -0.25) is 0 Å². The molecule has 0 bridgehead atoms. The summed E-state index contributed by atoms with van der Waals surface area (Å²) >= 11 is 0. The monoisotopic (exact) mass is 289 g/mol. The first kappa shape index (κ1) is 14.5. The van der Waals surface area contributed by atoms with Crippen molar-refractivity contribution in [3.05, 3.63) is 24.2 Å². The summed E-state index contributed by atoms with van der Waals surface area (Å²) in [4.78, 5) is 4.62. The second-order valence-corrected chi connectivity index (χ2v) is 6.32. The van der Waals surface area contributed by atoms with E-state index in [-0.39, 0.29) is 0 Å². The van der Waals surface area contributed by atoms with Crippen LogP contribution in [0, 0.1) is 11.8 Å². The van der Waals surface area contributed by atoms with Gasteiger partial charge < -0.3 is 15.1 Å². The Morgan fingerprint density at radius 2 is 2.19 bits per heavy atom. The first-order valence-electron chi connectivity index (χ1n) is 8.44. The highest BCUT2D eigenvalue weighted by atomic mass is 16.3. The molecule has 0 spiro atoms. The summed E-state index contributed by atoms with van der Waals surface area (Å²) in [5.41, 5.74) is 0. The number of rotatable bonds is 5. The van der Waals surface area contributed by atoms with E-state index >= 15 is 0 Å². The first-order chi connectivity index (χ1) is 10.4. The van der Waals surface area contributed by atoms with E-state index in [0.717, 1.165) is 30.1 Å². The van der Waals surface area contributed by atoms with E-state index in [2.05, 4.69) is 22.5 Å². The molecule has 2 fully saturated rings. The molecule has 21 heavy (non-hydrogen) atoms. The maximum atomic E-state index is 5.34. The standard InChI is InChI=1S/C17H27N3O/c1-2-18-17(19-12-14-9-6-10-21-14)20-16-11-15(16)13-7-4-3-5-8-13/h6,9-10,13,15-16H,2-5,7-8,11-12H2,1H3,(H2,18,19,20). The third-order valence-electron chi connectivity index (χ3n) is 4.73. The Bertz CT molecular complexity index is 449. The predicted octanol–water partition coefficient (Wildman–Crippen LogP) is 3.30. The zero-order valence-electron chi connectivity index (χ0n) is 13.0. The fourth-order valence-corrected chi connectivity index (χ4v) is 3.52. The van der Waals surface area contributed by atoms with E-state index in [1.807, 2.05) is 12.1 Å². The molecule has 2 saturated carbocycles. The van der Waals surface area contributed by atoms with Crippen molar-refractivity contribution in [1.29, 1.82) is 0 Å². The maximum Gasteiger partial charge on any atom is 0.191 e. The van der Waals surface area contributed by atoms with Crippen LogP contribution in [0.1, 0.15) is 51.2 Å². The van der Waals surface area contributed by atoms with Crippen molar-refractivity contribution < 1.29 is 4.42 Å². The van der Waals surface area contributed by atoms with Gasteiger partial charge in [0.2, 0.25) is 0 Å². The van der Waals surface area contributed by atoms with Crippen molar-refractivity contribution in [2.24, 2.45) is 16.8 Å². The van der Waals surface area contributed by atoms with E-state index in [9.17, 15) is 0 Å². The van der Waals surface area contributed by atoms with Gasteiger partial charge in [0.15, 0.2) is 5.96 Å². The molecule has 1 aromatic heterocycles. The lowest BCUT2D eigenvalue weighted by molar-refractivity contribution is 0.315. The van der Waals surface area contributed by atoms with Crippen LogP contribution in [-0.2, 0) is 6.54 Å². The van der Waals surface area contributed by atoms with Gasteiger partial charge in [0, 0.05) is 12.6 Å².